The van der Waals surface area contributed by atoms with Gasteiger partial charge in [0, 0.05) is 24.2 Å². The third kappa shape index (κ3) is 4.74. The lowest BCUT2D eigenvalue weighted by molar-refractivity contribution is 0.0932. The summed E-state index contributed by atoms with van der Waals surface area (Å²) >= 11 is 1.68. The molecular formula is C23H26N4O3S. The van der Waals surface area contributed by atoms with Crippen molar-refractivity contribution in [1.82, 2.24) is 20.3 Å². The molecule has 8 heteroatoms. The molecule has 0 fully saturated rings. The van der Waals surface area contributed by atoms with Crippen molar-refractivity contribution in [3.05, 3.63) is 69.2 Å². The van der Waals surface area contributed by atoms with Crippen LogP contribution in [0.3, 0.4) is 0 Å². The first-order chi connectivity index (χ1) is 15.1. The number of nitrogens with zero attached hydrogens (tertiary/aromatic N) is 2. The highest BCUT2D eigenvalue weighted by atomic mass is 32.2. The molecular weight excluding hydrogens is 412 g/mol. The van der Waals surface area contributed by atoms with Crippen LogP contribution in [0.5, 0.6) is 0 Å². The molecule has 3 heterocycles. The molecule has 0 spiro atoms. The molecule has 0 aromatic carbocycles. The number of rotatable bonds is 7. The molecule has 162 valence electrons. The van der Waals surface area contributed by atoms with Crippen LogP contribution < -0.4 is 10.9 Å². The quantitative estimate of drug-likeness (QED) is 0.581. The van der Waals surface area contributed by atoms with Crippen LogP contribution in [-0.2, 0) is 12.8 Å². The van der Waals surface area contributed by atoms with Crippen molar-refractivity contribution in [3.63, 3.8) is 0 Å². The summed E-state index contributed by atoms with van der Waals surface area (Å²) in [6.45, 7) is 1.84. The molecule has 4 rings (SSSR count). The molecule has 0 radical (unpaired) electrons. The lowest BCUT2D eigenvalue weighted by Gasteiger charge is -2.19. The van der Waals surface area contributed by atoms with Gasteiger partial charge in [-0.05, 0) is 56.7 Å². The van der Waals surface area contributed by atoms with Gasteiger partial charge < -0.3 is 14.7 Å². The van der Waals surface area contributed by atoms with Crippen LogP contribution in [-0.4, -0.2) is 32.9 Å². The van der Waals surface area contributed by atoms with Crippen LogP contribution in [0.2, 0.25) is 0 Å². The monoisotopic (exact) mass is 438 g/mol. The first kappa shape index (κ1) is 21.4. The topological polar surface area (TPSA) is 101 Å². The lowest BCUT2D eigenvalue weighted by atomic mass is 9.94. The summed E-state index contributed by atoms with van der Waals surface area (Å²) in [6.07, 6.45) is 8.21. The number of fused-ring (bicyclic) bond motifs is 1. The van der Waals surface area contributed by atoms with E-state index in [-0.39, 0.29) is 11.5 Å². The van der Waals surface area contributed by atoms with Crippen molar-refractivity contribution >= 4 is 17.7 Å². The number of amides is 1. The minimum absolute atomic E-state index is 0.169. The number of carbonyl (C=O) groups excluding carboxylic acids is 1. The van der Waals surface area contributed by atoms with Crippen LogP contribution in [0.15, 0.2) is 39.7 Å². The molecule has 2 N–H and O–H groups in total. The molecule has 0 bridgehead atoms. The second kappa shape index (κ2) is 9.51. The molecule has 1 aliphatic rings. The van der Waals surface area contributed by atoms with Gasteiger partial charge in [0.25, 0.3) is 11.5 Å². The number of aryl methyl sites for hydroxylation is 2. The van der Waals surface area contributed by atoms with E-state index in [2.05, 4.69) is 20.3 Å². The number of carbonyl (C=O) groups is 1. The highest BCUT2D eigenvalue weighted by molar-refractivity contribution is 7.98. The van der Waals surface area contributed by atoms with Gasteiger partial charge in [0.05, 0.1) is 17.3 Å². The summed E-state index contributed by atoms with van der Waals surface area (Å²) in [4.78, 5) is 37.3. The molecule has 7 nitrogen and oxygen atoms in total. The van der Waals surface area contributed by atoms with Crippen LogP contribution in [0, 0.1) is 6.92 Å². The van der Waals surface area contributed by atoms with E-state index in [9.17, 15) is 9.59 Å². The van der Waals surface area contributed by atoms with Gasteiger partial charge in [-0.25, -0.2) is 4.98 Å². The number of aromatic nitrogens is 3. The standard InChI is InChI=1S/C23H26N4O3S/c1-14-21(15-7-3-4-9-19(15)30-14)23(29)26-16(10-12-31-2)18-13-20(28)27-22(25-18)17-8-5-6-11-24-17/h5-6,8,11,13,16H,3-4,7,9-10,12H2,1-2H3,(H,26,29)(H,25,27,28)/t16-/m1/s1. The number of furan rings is 1. The van der Waals surface area contributed by atoms with Crippen molar-refractivity contribution in [2.45, 2.75) is 45.1 Å². The van der Waals surface area contributed by atoms with Crippen LogP contribution >= 0.6 is 11.8 Å². The Morgan fingerprint density at radius 3 is 2.94 bits per heavy atom. The Morgan fingerprint density at radius 2 is 2.16 bits per heavy atom. The van der Waals surface area contributed by atoms with Crippen LogP contribution in [0.25, 0.3) is 11.5 Å². The molecule has 3 aromatic heterocycles. The van der Waals surface area contributed by atoms with E-state index in [0.717, 1.165) is 42.8 Å². The summed E-state index contributed by atoms with van der Waals surface area (Å²) in [5.74, 6) is 2.63. The summed E-state index contributed by atoms with van der Waals surface area (Å²) in [5.41, 5.74) is 2.50. The van der Waals surface area contributed by atoms with Crippen molar-refractivity contribution in [3.8, 4) is 11.5 Å². The fraction of sp³-hybridized carbons (Fsp3) is 0.391. The number of pyridine rings is 1. The summed E-state index contributed by atoms with van der Waals surface area (Å²) in [6, 6.07) is 6.50. The number of aromatic amines is 1. The Bertz CT molecular complexity index is 1120. The molecule has 1 atom stereocenters. The zero-order chi connectivity index (χ0) is 21.8. The van der Waals surface area contributed by atoms with E-state index in [4.69, 9.17) is 4.42 Å². The summed E-state index contributed by atoms with van der Waals surface area (Å²) in [7, 11) is 0. The Morgan fingerprint density at radius 1 is 1.32 bits per heavy atom. The van der Waals surface area contributed by atoms with Gasteiger partial charge in [0.2, 0.25) is 0 Å². The SMILES string of the molecule is CSCC[C@@H](NC(=O)c1c(C)oc2c1CCCC2)c1cc(=O)[nH]c(-c2ccccn2)n1. The predicted octanol–water partition coefficient (Wildman–Crippen LogP) is 3.84. The zero-order valence-corrected chi connectivity index (χ0v) is 18.6. The average molecular weight is 439 g/mol. The third-order valence-electron chi connectivity index (χ3n) is 5.52. The number of hydrogen-bond acceptors (Lipinski definition) is 6. The smallest absolute Gasteiger partial charge is 0.255 e. The molecule has 0 saturated carbocycles. The Kier molecular flexibility index (Phi) is 6.56. The molecule has 31 heavy (non-hydrogen) atoms. The van der Waals surface area contributed by atoms with E-state index >= 15 is 0 Å². The largest absolute Gasteiger partial charge is 0.465 e. The van der Waals surface area contributed by atoms with E-state index in [1.165, 1.54) is 6.07 Å². The number of hydrogen-bond donors (Lipinski definition) is 2. The third-order valence-corrected chi connectivity index (χ3v) is 6.16. The fourth-order valence-electron chi connectivity index (χ4n) is 4.04. The Balaban J connectivity index is 1.66. The molecule has 1 aliphatic carbocycles. The van der Waals surface area contributed by atoms with Gasteiger partial charge in [0.1, 0.15) is 17.2 Å². The zero-order valence-electron chi connectivity index (χ0n) is 17.7. The van der Waals surface area contributed by atoms with Gasteiger partial charge >= 0.3 is 0 Å². The van der Waals surface area contributed by atoms with Crippen molar-refractivity contribution in [2.24, 2.45) is 0 Å². The minimum atomic E-state index is -0.391. The van der Waals surface area contributed by atoms with Gasteiger partial charge in [-0.1, -0.05) is 6.07 Å². The summed E-state index contributed by atoms with van der Waals surface area (Å²) in [5, 5.41) is 3.12. The van der Waals surface area contributed by atoms with Crippen molar-refractivity contribution in [1.29, 1.82) is 0 Å². The highest BCUT2D eigenvalue weighted by Crippen LogP contribution is 2.30. The average Bonchev–Trinajstić information content (AvgIpc) is 3.12. The maximum Gasteiger partial charge on any atom is 0.255 e. The van der Waals surface area contributed by atoms with E-state index < -0.39 is 6.04 Å². The first-order valence-corrected chi connectivity index (χ1v) is 11.9. The lowest BCUT2D eigenvalue weighted by Crippen LogP contribution is -2.31. The maximum absolute atomic E-state index is 13.3. The van der Waals surface area contributed by atoms with Crippen molar-refractivity contribution in [2.75, 3.05) is 12.0 Å². The molecule has 3 aromatic rings. The van der Waals surface area contributed by atoms with Crippen molar-refractivity contribution < 1.29 is 9.21 Å². The second-order valence-electron chi connectivity index (χ2n) is 7.68. The normalized spacial score (nSPS) is 14.1. The van der Waals surface area contributed by atoms with Gasteiger partial charge in [-0.2, -0.15) is 11.8 Å². The van der Waals surface area contributed by atoms with Gasteiger partial charge in [-0.15, -0.1) is 0 Å². The summed E-state index contributed by atoms with van der Waals surface area (Å²) < 4.78 is 5.88. The number of thioether (sulfide) groups is 1. The van der Waals surface area contributed by atoms with Gasteiger partial charge in [0.15, 0.2) is 5.82 Å². The minimum Gasteiger partial charge on any atom is -0.465 e. The molecule has 0 aliphatic heterocycles. The van der Waals surface area contributed by atoms with E-state index in [1.54, 1.807) is 30.1 Å². The van der Waals surface area contributed by atoms with Gasteiger partial charge in [-0.3, -0.25) is 14.6 Å². The van der Waals surface area contributed by atoms with Crippen LogP contribution in [0.1, 0.15) is 58.4 Å². The highest BCUT2D eigenvalue weighted by Gasteiger charge is 2.27. The maximum atomic E-state index is 13.3. The number of nitrogens with one attached hydrogen (secondary N) is 2. The molecule has 1 amide bonds. The molecule has 0 unspecified atom stereocenters. The first-order valence-electron chi connectivity index (χ1n) is 10.5. The van der Waals surface area contributed by atoms with E-state index in [0.29, 0.717) is 35.0 Å². The predicted molar refractivity (Wildman–Crippen MR) is 121 cm³/mol. The Labute approximate surface area is 185 Å². The Hall–Kier alpha value is -2.87. The van der Waals surface area contributed by atoms with Crippen LogP contribution in [0.4, 0.5) is 0 Å². The second-order valence-corrected chi connectivity index (χ2v) is 8.67. The fourth-order valence-corrected chi connectivity index (χ4v) is 4.51. The molecule has 0 saturated heterocycles. The number of H-pyrrole nitrogens is 1. The van der Waals surface area contributed by atoms with E-state index in [1.807, 2.05) is 19.2 Å².